The molecule has 5 heteroatoms. The lowest BCUT2D eigenvalue weighted by Gasteiger charge is -2.08. The van der Waals surface area contributed by atoms with E-state index in [0.717, 1.165) is 10.6 Å². The first kappa shape index (κ1) is 16.9. The molecule has 1 aromatic carbocycles. The molecule has 0 bridgehead atoms. The molecule has 0 aliphatic carbocycles. The molecule has 0 spiro atoms. The molecule has 0 aliphatic rings. The van der Waals surface area contributed by atoms with Crippen molar-refractivity contribution in [2.45, 2.75) is 13.5 Å². The van der Waals surface area contributed by atoms with Crippen molar-refractivity contribution in [1.29, 1.82) is 0 Å². The molecule has 1 amide bonds. The first-order valence-electron chi connectivity index (χ1n) is 7.87. The highest BCUT2D eigenvalue weighted by Crippen LogP contribution is 2.19. The Morgan fingerprint density at radius 3 is 2.88 bits per heavy atom. The average molecular weight is 350 g/mol. The molecule has 4 nitrogen and oxygen atoms in total. The number of pyridine rings is 1. The summed E-state index contributed by atoms with van der Waals surface area (Å²) in [5.74, 6) is 0.509. The van der Waals surface area contributed by atoms with Crippen molar-refractivity contribution in [1.82, 2.24) is 4.98 Å². The summed E-state index contributed by atoms with van der Waals surface area (Å²) in [4.78, 5) is 18.5. The topological polar surface area (TPSA) is 51.2 Å². The highest BCUT2D eigenvalue weighted by Gasteiger charge is 2.02. The average Bonchev–Trinajstić information content (AvgIpc) is 3.05. The predicted molar refractivity (Wildman–Crippen MR) is 102 cm³/mol. The van der Waals surface area contributed by atoms with Gasteiger partial charge in [-0.3, -0.25) is 9.78 Å². The quantitative estimate of drug-likeness (QED) is 0.657. The molecule has 1 N–H and O–H groups in total. The van der Waals surface area contributed by atoms with Gasteiger partial charge >= 0.3 is 0 Å². The Morgan fingerprint density at radius 1 is 1.20 bits per heavy atom. The molecule has 2 aromatic heterocycles. The zero-order chi connectivity index (χ0) is 17.5. The van der Waals surface area contributed by atoms with Crippen molar-refractivity contribution in [2.75, 3.05) is 5.32 Å². The number of benzene rings is 1. The van der Waals surface area contributed by atoms with Gasteiger partial charge in [0.1, 0.15) is 12.4 Å². The summed E-state index contributed by atoms with van der Waals surface area (Å²) in [5.41, 5.74) is 1.54. The van der Waals surface area contributed by atoms with Gasteiger partial charge in [0.05, 0.1) is 5.69 Å². The third kappa shape index (κ3) is 5.29. The van der Waals surface area contributed by atoms with Crippen LogP contribution in [-0.4, -0.2) is 10.9 Å². The van der Waals surface area contributed by atoms with Gasteiger partial charge < -0.3 is 10.1 Å². The fourth-order valence-electron chi connectivity index (χ4n) is 2.19. The highest BCUT2D eigenvalue weighted by molar-refractivity contribution is 7.12. The standard InChI is InChI=1S/C20H18N2O2S/c1-15-8-9-19(25-15)10-11-20(23)22-16-6-4-7-18(13-16)24-14-17-5-2-3-12-21-17/h2-13H,14H2,1H3,(H,22,23)/b11-10+. The Bertz CT molecular complexity index is 872. The Hall–Kier alpha value is -2.92. The van der Waals surface area contributed by atoms with E-state index in [-0.39, 0.29) is 5.91 Å². The van der Waals surface area contributed by atoms with Gasteiger partial charge in [0.2, 0.25) is 5.91 Å². The fraction of sp³-hybridized carbons (Fsp3) is 0.100. The van der Waals surface area contributed by atoms with Crippen LogP contribution >= 0.6 is 11.3 Å². The van der Waals surface area contributed by atoms with Crippen LogP contribution in [0.15, 0.2) is 66.9 Å². The van der Waals surface area contributed by atoms with Crippen LogP contribution in [0.4, 0.5) is 5.69 Å². The van der Waals surface area contributed by atoms with Gasteiger partial charge in [-0.25, -0.2) is 0 Å². The summed E-state index contributed by atoms with van der Waals surface area (Å²) in [5, 5.41) is 2.84. The molecule has 0 atom stereocenters. The van der Waals surface area contributed by atoms with Crippen molar-refractivity contribution < 1.29 is 9.53 Å². The number of ether oxygens (including phenoxy) is 1. The van der Waals surface area contributed by atoms with Gasteiger partial charge in [-0.15, -0.1) is 11.3 Å². The summed E-state index contributed by atoms with van der Waals surface area (Å²) in [7, 11) is 0. The van der Waals surface area contributed by atoms with Crippen LogP contribution in [0, 0.1) is 6.92 Å². The minimum atomic E-state index is -0.173. The van der Waals surface area contributed by atoms with E-state index in [1.807, 2.05) is 61.5 Å². The minimum absolute atomic E-state index is 0.173. The molecule has 25 heavy (non-hydrogen) atoms. The second kappa shape index (κ2) is 8.26. The van der Waals surface area contributed by atoms with Gasteiger partial charge in [0, 0.05) is 33.8 Å². The number of hydrogen-bond donors (Lipinski definition) is 1. The predicted octanol–water partition coefficient (Wildman–Crippen LogP) is 4.68. The molecule has 3 aromatic rings. The molecule has 3 rings (SSSR count). The van der Waals surface area contributed by atoms with Gasteiger partial charge in [0.15, 0.2) is 0 Å². The van der Waals surface area contributed by atoms with Gasteiger partial charge in [-0.2, -0.15) is 0 Å². The number of hydrogen-bond acceptors (Lipinski definition) is 4. The van der Waals surface area contributed by atoms with E-state index >= 15 is 0 Å². The number of thiophene rings is 1. The van der Waals surface area contributed by atoms with Crippen molar-refractivity contribution in [3.63, 3.8) is 0 Å². The van der Waals surface area contributed by atoms with Crippen LogP contribution in [0.3, 0.4) is 0 Å². The van der Waals surface area contributed by atoms with Crippen LogP contribution in [0.2, 0.25) is 0 Å². The molecule has 0 unspecified atom stereocenters. The SMILES string of the molecule is Cc1ccc(/C=C/C(=O)Nc2cccc(OCc3ccccn3)c2)s1. The molecule has 2 heterocycles. The number of aryl methyl sites for hydroxylation is 1. The lowest BCUT2D eigenvalue weighted by Crippen LogP contribution is -2.07. The third-order valence-electron chi connectivity index (χ3n) is 3.37. The first-order chi connectivity index (χ1) is 12.2. The summed E-state index contributed by atoms with van der Waals surface area (Å²) >= 11 is 1.65. The van der Waals surface area contributed by atoms with Gasteiger partial charge in [0.25, 0.3) is 0 Å². The van der Waals surface area contributed by atoms with E-state index in [2.05, 4.69) is 10.3 Å². The number of carbonyl (C=O) groups is 1. The Kier molecular flexibility index (Phi) is 5.59. The number of anilines is 1. The smallest absolute Gasteiger partial charge is 0.248 e. The lowest BCUT2D eigenvalue weighted by atomic mass is 10.3. The molecule has 0 saturated carbocycles. The Balaban J connectivity index is 1.57. The van der Waals surface area contributed by atoms with Crippen molar-refractivity contribution in [3.05, 3.63) is 82.3 Å². The van der Waals surface area contributed by atoms with Crippen LogP contribution in [-0.2, 0) is 11.4 Å². The lowest BCUT2D eigenvalue weighted by molar-refractivity contribution is -0.111. The summed E-state index contributed by atoms with van der Waals surface area (Å²) in [6.07, 6.45) is 5.08. The van der Waals surface area contributed by atoms with Crippen molar-refractivity contribution in [2.24, 2.45) is 0 Å². The Morgan fingerprint density at radius 2 is 2.12 bits per heavy atom. The van der Waals surface area contributed by atoms with E-state index in [4.69, 9.17) is 4.74 Å². The number of nitrogens with one attached hydrogen (secondary N) is 1. The minimum Gasteiger partial charge on any atom is -0.487 e. The summed E-state index contributed by atoms with van der Waals surface area (Å²) in [6, 6.07) is 17.0. The molecule has 0 aliphatic heterocycles. The van der Waals surface area contributed by atoms with Crippen molar-refractivity contribution in [3.8, 4) is 5.75 Å². The molecule has 0 radical (unpaired) electrons. The largest absolute Gasteiger partial charge is 0.487 e. The van der Waals surface area contributed by atoms with E-state index in [0.29, 0.717) is 18.0 Å². The van der Waals surface area contributed by atoms with Crippen LogP contribution in [0.5, 0.6) is 5.75 Å². The van der Waals surface area contributed by atoms with Gasteiger partial charge in [-0.1, -0.05) is 12.1 Å². The van der Waals surface area contributed by atoms with Crippen LogP contribution in [0.25, 0.3) is 6.08 Å². The third-order valence-corrected chi connectivity index (χ3v) is 4.34. The normalized spacial score (nSPS) is 10.8. The maximum Gasteiger partial charge on any atom is 0.248 e. The van der Waals surface area contributed by atoms with Crippen LogP contribution < -0.4 is 10.1 Å². The highest BCUT2D eigenvalue weighted by atomic mass is 32.1. The number of rotatable bonds is 6. The van der Waals surface area contributed by atoms with Crippen molar-refractivity contribution >= 4 is 29.0 Å². The molecule has 0 saturated heterocycles. The zero-order valence-corrected chi connectivity index (χ0v) is 14.6. The van der Waals surface area contributed by atoms with Crippen LogP contribution in [0.1, 0.15) is 15.4 Å². The summed E-state index contributed by atoms with van der Waals surface area (Å²) in [6.45, 7) is 2.43. The fourth-order valence-corrected chi connectivity index (χ4v) is 2.97. The zero-order valence-electron chi connectivity index (χ0n) is 13.8. The second-order valence-corrected chi connectivity index (χ2v) is 6.73. The molecule has 126 valence electrons. The molecule has 0 fully saturated rings. The number of nitrogens with zero attached hydrogens (tertiary/aromatic N) is 1. The number of amides is 1. The van der Waals surface area contributed by atoms with E-state index in [1.165, 1.54) is 11.0 Å². The molecular weight excluding hydrogens is 332 g/mol. The number of aromatic nitrogens is 1. The maximum absolute atomic E-state index is 12.0. The molecular formula is C20H18N2O2S. The van der Waals surface area contributed by atoms with Gasteiger partial charge in [-0.05, 0) is 49.4 Å². The number of carbonyl (C=O) groups excluding carboxylic acids is 1. The maximum atomic E-state index is 12.0. The van der Waals surface area contributed by atoms with E-state index < -0.39 is 0 Å². The second-order valence-electron chi connectivity index (χ2n) is 5.41. The van der Waals surface area contributed by atoms with E-state index in [1.54, 1.807) is 23.6 Å². The first-order valence-corrected chi connectivity index (χ1v) is 8.69. The monoisotopic (exact) mass is 350 g/mol. The summed E-state index contributed by atoms with van der Waals surface area (Å²) < 4.78 is 5.72. The van der Waals surface area contributed by atoms with E-state index in [9.17, 15) is 4.79 Å². The Labute approximate surface area is 150 Å².